The molecule has 182 valence electrons. The van der Waals surface area contributed by atoms with Crippen LogP contribution in [0, 0.1) is 5.82 Å². The largest absolute Gasteiger partial charge is 0.388 e. The maximum atomic E-state index is 15.2. The lowest BCUT2D eigenvalue weighted by Gasteiger charge is -2.32. The Morgan fingerprint density at radius 3 is 2.82 bits per heavy atom. The van der Waals surface area contributed by atoms with Gasteiger partial charge in [0.05, 0.1) is 36.4 Å². The molecule has 0 unspecified atom stereocenters. The summed E-state index contributed by atoms with van der Waals surface area (Å²) in [4.78, 5) is 13.1. The fraction of sp³-hybridized carbons (Fsp3) is 0.522. The molecule has 0 spiro atoms. The summed E-state index contributed by atoms with van der Waals surface area (Å²) in [5.41, 5.74) is 0.0907. The van der Waals surface area contributed by atoms with Crippen molar-refractivity contribution in [2.24, 2.45) is 0 Å². The second-order valence-electron chi connectivity index (χ2n) is 9.45. The van der Waals surface area contributed by atoms with Gasteiger partial charge in [-0.3, -0.25) is 0 Å². The Labute approximate surface area is 202 Å². The molecule has 3 aromatic rings. The molecule has 2 aromatic heterocycles. The quantitative estimate of drug-likeness (QED) is 0.496. The van der Waals surface area contributed by atoms with Gasteiger partial charge in [0, 0.05) is 18.0 Å². The highest BCUT2D eigenvalue weighted by molar-refractivity contribution is 6.33. The van der Waals surface area contributed by atoms with Crippen molar-refractivity contribution in [3.8, 4) is 11.3 Å². The van der Waals surface area contributed by atoms with E-state index in [1.54, 1.807) is 24.5 Å². The van der Waals surface area contributed by atoms with Gasteiger partial charge in [0.1, 0.15) is 29.2 Å². The van der Waals surface area contributed by atoms with E-state index in [9.17, 15) is 10.2 Å². The van der Waals surface area contributed by atoms with Gasteiger partial charge in [0.25, 0.3) is 0 Å². The van der Waals surface area contributed by atoms with E-state index in [2.05, 4.69) is 20.3 Å². The Morgan fingerprint density at radius 1 is 1.35 bits per heavy atom. The molecule has 0 amide bonds. The summed E-state index contributed by atoms with van der Waals surface area (Å²) in [5, 5.41) is 24.5. The lowest BCUT2D eigenvalue weighted by atomic mass is 10.0. The number of benzene rings is 1. The molecule has 34 heavy (non-hydrogen) atoms. The summed E-state index contributed by atoms with van der Waals surface area (Å²) in [6, 6.07) is 2.44. The number of halogens is 2. The molecule has 0 saturated carbocycles. The number of aliphatic hydroxyl groups excluding tert-OH is 1. The third kappa shape index (κ3) is 4.03. The first kappa shape index (κ1) is 22.1. The maximum Gasteiger partial charge on any atom is 0.223 e. The topological polar surface area (TPSA) is 115 Å². The number of rotatable bonds is 5. The van der Waals surface area contributed by atoms with Crippen molar-refractivity contribution in [3.05, 3.63) is 35.0 Å². The zero-order chi connectivity index (χ0) is 25.2. The fourth-order valence-electron chi connectivity index (χ4n) is 4.45. The van der Waals surface area contributed by atoms with E-state index in [1.807, 2.05) is 13.8 Å². The van der Waals surface area contributed by atoms with E-state index >= 15 is 4.39 Å². The average molecular weight is 493 g/mol. The number of nitrogens with one attached hydrogen (secondary N) is 1. The molecule has 9 nitrogen and oxygen atoms in total. The number of hydrogen-bond acceptors (Lipinski definition) is 8. The number of hydrogen-bond donors (Lipinski definition) is 3. The Morgan fingerprint density at radius 2 is 2.12 bits per heavy atom. The Balaban J connectivity index is 1.54. The highest BCUT2D eigenvalue weighted by Crippen LogP contribution is 2.35. The van der Waals surface area contributed by atoms with Gasteiger partial charge in [0.15, 0.2) is 12.1 Å². The molecule has 2 aliphatic rings. The van der Waals surface area contributed by atoms with Crippen LogP contribution in [0.4, 0.5) is 10.3 Å². The van der Waals surface area contributed by atoms with Crippen molar-refractivity contribution < 1.29 is 25.4 Å². The van der Waals surface area contributed by atoms with Gasteiger partial charge in [-0.1, -0.05) is 11.6 Å². The van der Waals surface area contributed by atoms with E-state index in [0.29, 0.717) is 29.0 Å². The summed E-state index contributed by atoms with van der Waals surface area (Å²) >= 11 is 6.41. The van der Waals surface area contributed by atoms with Crippen LogP contribution in [-0.2, 0) is 15.1 Å². The first-order chi connectivity index (χ1) is 16.4. The van der Waals surface area contributed by atoms with Crippen LogP contribution in [0.25, 0.3) is 22.3 Å². The van der Waals surface area contributed by atoms with Crippen LogP contribution >= 0.6 is 11.6 Å². The van der Waals surface area contributed by atoms with Gasteiger partial charge in [-0.15, -0.1) is 0 Å². The van der Waals surface area contributed by atoms with Gasteiger partial charge >= 0.3 is 0 Å². The van der Waals surface area contributed by atoms with Crippen LogP contribution in [0.3, 0.4) is 0 Å². The molecule has 11 heteroatoms. The predicted molar refractivity (Wildman–Crippen MR) is 124 cm³/mol. The van der Waals surface area contributed by atoms with Crippen LogP contribution in [0.1, 0.15) is 47.4 Å². The second-order valence-corrected chi connectivity index (χ2v) is 9.86. The Kier molecular flexibility index (Phi) is 5.45. The molecular weight excluding hydrogens is 465 g/mol. The van der Waals surface area contributed by atoms with Crippen LogP contribution < -0.4 is 5.32 Å². The van der Waals surface area contributed by atoms with Gasteiger partial charge in [0.2, 0.25) is 5.95 Å². The lowest BCUT2D eigenvalue weighted by molar-refractivity contribution is -0.123. The van der Waals surface area contributed by atoms with Gasteiger partial charge in [-0.25, -0.2) is 19.3 Å². The van der Waals surface area contributed by atoms with E-state index < -0.39 is 42.5 Å². The molecule has 5 atom stereocenters. The van der Waals surface area contributed by atoms with Gasteiger partial charge in [-0.05, 0) is 39.8 Å². The zero-order valence-corrected chi connectivity index (χ0v) is 19.9. The average Bonchev–Trinajstić information content (AvgIpc) is 3.32. The second kappa shape index (κ2) is 8.39. The molecule has 2 aliphatic heterocycles. The molecular formula is C23H27ClFN5O4. The predicted octanol–water partition coefficient (Wildman–Crippen LogP) is 3.38. The number of fused-ring (bicyclic) bond motifs is 3. The Hall–Kier alpha value is -2.37. The van der Waals surface area contributed by atoms with Gasteiger partial charge < -0.3 is 29.6 Å². The van der Waals surface area contributed by atoms with Crippen molar-refractivity contribution in [1.29, 1.82) is 0 Å². The van der Waals surface area contributed by atoms with Gasteiger partial charge in [-0.2, -0.15) is 0 Å². The highest BCUT2D eigenvalue weighted by atomic mass is 35.5. The van der Waals surface area contributed by atoms with Crippen molar-refractivity contribution in [1.82, 2.24) is 19.5 Å². The number of nitrogens with zero attached hydrogens (tertiary/aromatic N) is 4. The summed E-state index contributed by atoms with van der Waals surface area (Å²) < 4.78 is 35.7. The normalized spacial score (nSPS) is 27.4. The number of anilines is 1. The van der Waals surface area contributed by atoms with Crippen molar-refractivity contribution in [2.75, 3.05) is 11.9 Å². The summed E-state index contributed by atoms with van der Waals surface area (Å²) in [6.45, 7) is 6.11. The minimum Gasteiger partial charge on any atom is -0.388 e. The van der Waals surface area contributed by atoms with Crippen LogP contribution in [0.2, 0.25) is 5.02 Å². The SMILES string of the molecule is [2H][C@H]1O[C@@H]2C[C@@H](Nc3ncc(Cl)c(-c4cc(F)c5nc(C(C)(C)O)n(C(C)C)c5c4)n3)[C@H](O)[C@H]1O2. The summed E-state index contributed by atoms with van der Waals surface area (Å²) in [5.74, 6) is -0.0271. The smallest absolute Gasteiger partial charge is 0.223 e. The van der Waals surface area contributed by atoms with Crippen LogP contribution in [-0.4, -0.2) is 60.9 Å². The first-order valence-corrected chi connectivity index (χ1v) is 11.5. The fourth-order valence-corrected chi connectivity index (χ4v) is 4.65. The van der Waals surface area contributed by atoms with E-state index in [0.717, 1.165) is 0 Å². The summed E-state index contributed by atoms with van der Waals surface area (Å²) in [7, 11) is 0. The number of imidazole rings is 1. The highest BCUT2D eigenvalue weighted by Gasteiger charge is 2.43. The monoisotopic (exact) mass is 492 g/mol. The standard InChI is InChI=1S/C23H27ClFN5O4/c1-10(2)30-15-6-11(5-13(25)19(15)28-21(30)23(3,4)32)18-12(24)8-26-22(29-18)27-14-7-17-33-9-16(34-17)20(14)31/h5-6,8,10,14,16-17,20,31-32H,7,9H2,1-4H3,(H,26,27,29)/t14-,16+,17+,20+/m1/s1/i9D/t9-,14-,16+,17+,20+. The van der Waals surface area contributed by atoms with Crippen molar-refractivity contribution in [3.63, 3.8) is 0 Å². The molecule has 0 radical (unpaired) electrons. The minimum atomic E-state index is -1.27. The molecule has 4 heterocycles. The van der Waals surface area contributed by atoms with Crippen molar-refractivity contribution in [2.45, 2.75) is 70.3 Å². The maximum absolute atomic E-state index is 15.2. The number of ether oxygens (including phenoxy) is 2. The number of aromatic nitrogens is 4. The minimum absolute atomic E-state index is 0.0948. The molecule has 2 fully saturated rings. The van der Waals surface area contributed by atoms with E-state index in [-0.39, 0.29) is 22.5 Å². The number of aliphatic hydroxyl groups is 2. The third-order valence-electron chi connectivity index (χ3n) is 6.01. The summed E-state index contributed by atoms with van der Waals surface area (Å²) in [6.07, 6.45) is -0.639. The molecule has 0 aliphatic carbocycles. The zero-order valence-electron chi connectivity index (χ0n) is 20.2. The molecule has 2 saturated heterocycles. The van der Waals surface area contributed by atoms with Crippen molar-refractivity contribution >= 4 is 28.6 Å². The first-order valence-electron chi connectivity index (χ1n) is 11.7. The molecule has 5 rings (SSSR count). The van der Waals surface area contributed by atoms with Crippen LogP contribution in [0.15, 0.2) is 18.3 Å². The Bertz CT molecular complexity index is 1280. The molecule has 2 bridgehead atoms. The third-order valence-corrected chi connectivity index (χ3v) is 6.29. The molecule has 3 N–H and O–H groups in total. The van der Waals surface area contributed by atoms with E-state index in [1.165, 1.54) is 12.3 Å². The van der Waals surface area contributed by atoms with E-state index in [4.69, 9.17) is 22.4 Å². The lowest BCUT2D eigenvalue weighted by Crippen LogP contribution is -2.48. The molecule has 1 aromatic carbocycles. The van der Waals surface area contributed by atoms with Crippen LogP contribution in [0.5, 0.6) is 0 Å².